The van der Waals surface area contributed by atoms with Crippen LogP contribution < -0.4 is 10.0 Å². The van der Waals surface area contributed by atoms with Crippen molar-refractivity contribution in [2.45, 2.75) is 11.3 Å². The first-order valence-corrected chi connectivity index (χ1v) is 11.1. The third kappa shape index (κ3) is 4.59. The van der Waals surface area contributed by atoms with Crippen molar-refractivity contribution in [1.82, 2.24) is 10.3 Å². The van der Waals surface area contributed by atoms with Crippen molar-refractivity contribution in [2.75, 3.05) is 11.3 Å². The van der Waals surface area contributed by atoms with Gasteiger partial charge in [-0.25, -0.2) is 12.8 Å². The van der Waals surface area contributed by atoms with Crippen LogP contribution in [0.4, 0.5) is 10.1 Å². The minimum absolute atomic E-state index is 0.0638. The smallest absolute Gasteiger partial charge is 0.261 e. The average molecular weight is 437 g/mol. The highest BCUT2D eigenvalue weighted by Gasteiger charge is 2.17. The van der Waals surface area contributed by atoms with Gasteiger partial charge in [-0.3, -0.25) is 9.52 Å². The topological polar surface area (TPSA) is 91.1 Å². The number of halogens is 1. The predicted molar refractivity (Wildman–Crippen MR) is 118 cm³/mol. The summed E-state index contributed by atoms with van der Waals surface area (Å²) in [6.45, 7) is 0.440. The molecule has 0 fully saturated rings. The number of aromatic nitrogens is 1. The van der Waals surface area contributed by atoms with Gasteiger partial charge in [0.05, 0.1) is 10.6 Å². The lowest BCUT2D eigenvalue weighted by Gasteiger charge is -2.10. The number of fused-ring (bicyclic) bond motifs is 1. The predicted octanol–water partition coefficient (Wildman–Crippen LogP) is 4.08. The van der Waals surface area contributed by atoms with Crippen molar-refractivity contribution in [2.24, 2.45) is 0 Å². The Kier molecular flexibility index (Phi) is 5.73. The summed E-state index contributed by atoms with van der Waals surface area (Å²) in [5.74, 6) is -0.969. The SMILES string of the molecule is O=C(NCCc1c[nH]c2ccccc12)c1ccc(S(=O)(=O)Nc2ccccc2F)cc1. The zero-order valence-electron chi connectivity index (χ0n) is 16.4. The van der Waals surface area contributed by atoms with E-state index in [1.54, 1.807) is 0 Å². The number of carbonyl (C=O) groups is 1. The van der Waals surface area contributed by atoms with Gasteiger partial charge in [0.15, 0.2) is 0 Å². The molecule has 1 heterocycles. The first kappa shape index (κ1) is 20.6. The molecule has 0 atom stereocenters. The Morgan fingerprint density at radius 3 is 2.42 bits per heavy atom. The van der Waals surface area contributed by atoms with Crippen molar-refractivity contribution < 1.29 is 17.6 Å². The molecule has 0 aliphatic rings. The van der Waals surface area contributed by atoms with Crippen LogP contribution in [0.15, 0.2) is 83.9 Å². The normalized spacial score (nSPS) is 11.4. The van der Waals surface area contributed by atoms with Gasteiger partial charge in [-0.1, -0.05) is 30.3 Å². The molecule has 0 bridgehead atoms. The van der Waals surface area contributed by atoms with E-state index in [-0.39, 0.29) is 16.5 Å². The molecule has 4 aromatic rings. The van der Waals surface area contributed by atoms with E-state index in [1.807, 2.05) is 30.5 Å². The quantitative estimate of drug-likeness (QED) is 0.407. The van der Waals surface area contributed by atoms with Crippen LogP contribution >= 0.6 is 0 Å². The second-order valence-corrected chi connectivity index (χ2v) is 8.66. The molecule has 3 aromatic carbocycles. The molecule has 0 aliphatic carbocycles. The van der Waals surface area contributed by atoms with Gasteiger partial charge in [0, 0.05) is 29.2 Å². The fourth-order valence-electron chi connectivity index (χ4n) is 3.28. The summed E-state index contributed by atoms with van der Waals surface area (Å²) in [4.78, 5) is 15.5. The third-order valence-corrected chi connectivity index (χ3v) is 6.28. The van der Waals surface area contributed by atoms with E-state index >= 15 is 0 Å². The summed E-state index contributed by atoms with van der Waals surface area (Å²) in [5, 5.41) is 3.96. The van der Waals surface area contributed by atoms with Crippen LogP contribution in [0.5, 0.6) is 0 Å². The highest BCUT2D eigenvalue weighted by molar-refractivity contribution is 7.92. The summed E-state index contributed by atoms with van der Waals surface area (Å²) >= 11 is 0. The molecule has 4 rings (SSSR count). The number of para-hydroxylation sites is 2. The fourth-order valence-corrected chi connectivity index (χ4v) is 4.35. The molecule has 0 aliphatic heterocycles. The number of sulfonamides is 1. The molecule has 8 heteroatoms. The molecule has 0 spiro atoms. The minimum Gasteiger partial charge on any atom is -0.361 e. The Morgan fingerprint density at radius 2 is 1.65 bits per heavy atom. The van der Waals surface area contributed by atoms with E-state index < -0.39 is 15.8 Å². The van der Waals surface area contributed by atoms with E-state index in [1.165, 1.54) is 48.5 Å². The minimum atomic E-state index is -3.97. The van der Waals surface area contributed by atoms with Crippen molar-refractivity contribution >= 4 is 32.5 Å². The number of carbonyl (C=O) groups excluding carboxylic acids is 1. The molecule has 3 N–H and O–H groups in total. The van der Waals surface area contributed by atoms with Crippen LogP contribution in [0.3, 0.4) is 0 Å². The molecular formula is C23H20FN3O3S. The van der Waals surface area contributed by atoms with E-state index in [0.29, 0.717) is 18.5 Å². The van der Waals surface area contributed by atoms with Gasteiger partial charge in [0.2, 0.25) is 0 Å². The van der Waals surface area contributed by atoms with Crippen LogP contribution in [0.25, 0.3) is 10.9 Å². The van der Waals surface area contributed by atoms with Crippen LogP contribution in [-0.2, 0) is 16.4 Å². The van der Waals surface area contributed by atoms with Crippen LogP contribution in [0, 0.1) is 5.82 Å². The molecule has 0 saturated heterocycles. The molecule has 6 nitrogen and oxygen atoms in total. The second kappa shape index (κ2) is 8.61. The number of H-pyrrole nitrogens is 1. The van der Waals surface area contributed by atoms with Crippen LogP contribution in [0.1, 0.15) is 15.9 Å². The van der Waals surface area contributed by atoms with Gasteiger partial charge in [0.1, 0.15) is 5.82 Å². The lowest BCUT2D eigenvalue weighted by molar-refractivity contribution is 0.0954. The zero-order chi connectivity index (χ0) is 21.8. The van der Waals surface area contributed by atoms with E-state index in [9.17, 15) is 17.6 Å². The molecule has 0 radical (unpaired) electrons. The Morgan fingerprint density at radius 1 is 0.935 bits per heavy atom. The number of hydrogen-bond donors (Lipinski definition) is 3. The molecule has 31 heavy (non-hydrogen) atoms. The summed E-state index contributed by atoms with van der Waals surface area (Å²) < 4.78 is 40.9. The number of aromatic amines is 1. The van der Waals surface area contributed by atoms with Crippen molar-refractivity contribution in [3.05, 3.63) is 95.9 Å². The van der Waals surface area contributed by atoms with Gasteiger partial charge in [-0.2, -0.15) is 0 Å². The number of amides is 1. The first-order chi connectivity index (χ1) is 14.9. The number of anilines is 1. The third-order valence-electron chi connectivity index (χ3n) is 4.90. The zero-order valence-corrected chi connectivity index (χ0v) is 17.2. The van der Waals surface area contributed by atoms with E-state index in [2.05, 4.69) is 15.0 Å². The van der Waals surface area contributed by atoms with Crippen molar-refractivity contribution in [1.29, 1.82) is 0 Å². The monoisotopic (exact) mass is 437 g/mol. The highest BCUT2D eigenvalue weighted by Crippen LogP contribution is 2.20. The van der Waals surface area contributed by atoms with Crippen LogP contribution in [0.2, 0.25) is 0 Å². The Labute approximate surface area is 179 Å². The standard InChI is InChI=1S/C23H20FN3O3S/c24-20-6-2-4-8-22(20)27-31(29,30)18-11-9-16(10-12-18)23(28)25-14-13-17-15-26-21-7-3-1-5-19(17)21/h1-12,15,26-27H,13-14H2,(H,25,28). The van der Waals surface area contributed by atoms with Gasteiger partial charge >= 0.3 is 0 Å². The number of rotatable bonds is 7. The first-order valence-electron chi connectivity index (χ1n) is 9.65. The molecule has 0 unspecified atom stereocenters. The Balaban J connectivity index is 1.38. The Hall–Kier alpha value is -3.65. The number of benzene rings is 3. The van der Waals surface area contributed by atoms with Crippen LogP contribution in [-0.4, -0.2) is 25.9 Å². The molecule has 1 amide bonds. The maximum atomic E-state index is 13.7. The van der Waals surface area contributed by atoms with E-state index in [0.717, 1.165) is 16.5 Å². The number of nitrogens with one attached hydrogen (secondary N) is 3. The average Bonchev–Trinajstić information content (AvgIpc) is 3.18. The second-order valence-electron chi connectivity index (χ2n) is 6.98. The summed E-state index contributed by atoms with van der Waals surface area (Å²) in [6, 6.07) is 18.9. The number of hydrogen-bond acceptors (Lipinski definition) is 3. The molecule has 0 saturated carbocycles. The van der Waals surface area contributed by atoms with Crippen molar-refractivity contribution in [3.63, 3.8) is 0 Å². The van der Waals surface area contributed by atoms with E-state index in [4.69, 9.17) is 0 Å². The van der Waals surface area contributed by atoms with Gasteiger partial charge in [0.25, 0.3) is 15.9 Å². The largest absolute Gasteiger partial charge is 0.361 e. The maximum absolute atomic E-state index is 13.7. The summed E-state index contributed by atoms with van der Waals surface area (Å²) in [6.07, 6.45) is 2.59. The Bertz CT molecular complexity index is 1330. The van der Waals surface area contributed by atoms with Crippen molar-refractivity contribution in [3.8, 4) is 0 Å². The molecular weight excluding hydrogens is 417 g/mol. The lowest BCUT2D eigenvalue weighted by atomic mass is 10.1. The lowest BCUT2D eigenvalue weighted by Crippen LogP contribution is -2.25. The van der Waals surface area contributed by atoms with Gasteiger partial charge in [-0.15, -0.1) is 0 Å². The highest BCUT2D eigenvalue weighted by atomic mass is 32.2. The maximum Gasteiger partial charge on any atom is 0.261 e. The van der Waals surface area contributed by atoms with Gasteiger partial charge < -0.3 is 10.3 Å². The molecule has 1 aromatic heterocycles. The van der Waals surface area contributed by atoms with Gasteiger partial charge in [-0.05, 0) is 54.4 Å². The molecule has 158 valence electrons. The summed E-state index contributed by atoms with van der Waals surface area (Å²) in [7, 11) is -3.97. The fraction of sp³-hybridized carbons (Fsp3) is 0.0870. The summed E-state index contributed by atoms with van der Waals surface area (Å²) in [5.41, 5.74) is 2.35.